The number of amides is 1. The Kier molecular flexibility index (Phi) is 5.98. The molecular weight excluding hydrogens is 386 g/mol. The highest BCUT2D eigenvalue weighted by Crippen LogP contribution is 2.22. The summed E-state index contributed by atoms with van der Waals surface area (Å²) in [6, 6.07) is 10.8. The van der Waals surface area contributed by atoms with Gasteiger partial charge in [-0.05, 0) is 43.4 Å². The fourth-order valence-corrected chi connectivity index (χ4v) is 3.53. The predicted octanol–water partition coefficient (Wildman–Crippen LogP) is 3.83. The quantitative estimate of drug-likeness (QED) is 0.496. The zero-order valence-electron chi connectivity index (χ0n) is 16.7. The van der Waals surface area contributed by atoms with Crippen molar-refractivity contribution in [2.45, 2.75) is 20.0 Å². The van der Waals surface area contributed by atoms with Crippen LogP contribution in [0.25, 0.3) is 10.9 Å². The molecule has 0 saturated heterocycles. The number of rotatable bonds is 6. The van der Waals surface area contributed by atoms with Crippen LogP contribution in [0.5, 0.6) is 5.75 Å². The van der Waals surface area contributed by atoms with Gasteiger partial charge in [0.15, 0.2) is 4.77 Å². The fraction of sp³-hybridized carbons (Fsp3) is 0.227. The molecule has 0 spiro atoms. The second-order valence-electron chi connectivity index (χ2n) is 6.87. The molecular formula is C22H23N3O3S. The molecule has 0 fully saturated rings. The van der Waals surface area contributed by atoms with Gasteiger partial charge in [-0.25, -0.2) is 0 Å². The number of aromatic amines is 1. The smallest absolute Gasteiger partial charge is 0.262 e. The van der Waals surface area contributed by atoms with Crippen molar-refractivity contribution in [1.82, 2.24) is 14.5 Å². The maximum atomic E-state index is 13.0. The normalized spacial score (nSPS) is 10.7. The van der Waals surface area contributed by atoms with Gasteiger partial charge >= 0.3 is 0 Å². The number of aryl methyl sites for hydroxylation is 1. The monoisotopic (exact) mass is 409 g/mol. The Labute approximate surface area is 174 Å². The van der Waals surface area contributed by atoms with Crippen molar-refractivity contribution in [1.29, 1.82) is 0 Å². The van der Waals surface area contributed by atoms with Crippen molar-refractivity contribution >= 4 is 29.0 Å². The molecule has 2 aromatic carbocycles. The molecule has 150 valence electrons. The standard InChI is InChI=1S/C22H23N3O3S/c1-5-10-25-21(27)17-8-7-15(12-18(17)23-22(25)29)20(26)24(3)13-16-11-14(2)6-9-19(16)28-4/h5-9,11-12H,1,10,13H2,2-4H3,(H,23,29). The minimum Gasteiger partial charge on any atom is -0.496 e. The molecule has 6 nitrogen and oxygen atoms in total. The lowest BCUT2D eigenvalue weighted by Gasteiger charge is -2.19. The molecule has 1 heterocycles. The second-order valence-corrected chi connectivity index (χ2v) is 7.26. The van der Waals surface area contributed by atoms with Crippen LogP contribution < -0.4 is 10.3 Å². The second kappa shape index (κ2) is 8.45. The number of H-pyrrole nitrogens is 1. The molecule has 0 radical (unpaired) electrons. The van der Waals surface area contributed by atoms with Crippen LogP contribution in [0.15, 0.2) is 53.8 Å². The summed E-state index contributed by atoms with van der Waals surface area (Å²) in [4.78, 5) is 30.2. The first kappa shape index (κ1) is 20.5. The van der Waals surface area contributed by atoms with Crippen molar-refractivity contribution in [3.8, 4) is 5.75 Å². The SMILES string of the molecule is C=CCn1c(=S)[nH]c2cc(C(=O)N(C)Cc3cc(C)ccc3OC)ccc2c1=O. The van der Waals surface area contributed by atoms with Crippen LogP contribution >= 0.6 is 12.2 Å². The Bertz CT molecular complexity index is 1210. The average Bonchev–Trinajstić information content (AvgIpc) is 2.70. The molecule has 1 amide bonds. The molecule has 7 heteroatoms. The van der Waals surface area contributed by atoms with E-state index in [4.69, 9.17) is 17.0 Å². The maximum Gasteiger partial charge on any atom is 0.262 e. The van der Waals surface area contributed by atoms with Gasteiger partial charge in [0.25, 0.3) is 11.5 Å². The average molecular weight is 410 g/mol. The van der Waals surface area contributed by atoms with Crippen LogP contribution in [0.1, 0.15) is 21.5 Å². The molecule has 3 aromatic rings. The minimum absolute atomic E-state index is 0.162. The van der Waals surface area contributed by atoms with Gasteiger partial charge in [-0.15, -0.1) is 6.58 Å². The maximum absolute atomic E-state index is 13.0. The molecule has 0 saturated carbocycles. The van der Waals surface area contributed by atoms with E-state index < -0.39 is 0 Å². The lowest BCUT2D eigenvalue weighted by atomic mass is 10.1. The number of hydrogen-bond donors (Lipinski definition) is 1. The highest BCUT2D eigenvalue weighted by Gasteiger charge is 2.16. The Hall–Kier alpha value is -3.19. The molecule has 0 aliphatic heterocycles. The van der Waals surface area contributed by atoms with E-state index >= 15 is 0 Å². The van der Waals surface area contributed by atoms with Gasteiger partial charge in [-0.3, -0.25) is 14.2 Å². The number of aromatic nitrogens is 2. The molecule has 0 aliphatic carbocycles. The molecule has 1 aromatic heterocycles. The zero-order valence-corrected chi connectivity index (χ0v) is 17.5. The number of allylic oxidation sites excluding steroid dienone is 1. The largest absolute Gasteiger partial charge is 0.496 e. The number of carbonyl (C=O) groups excluding carboxylic acids is 1. The van der Waals surface area contributed by atoms with E-state index in [1.54, 1.807) is 43.3 Å². The highest BCUT2D eigenvalue weighted by atomic mass is 32.1. The summed E-state index contributed by atoms with van der Waals surface area (Å²) in [5.74, 6) is 0.575. The number of ether oxygens (including phenoxy) is 1. The van der Waals surface area contributed by atoms with Crippen LogP contribution in [0.2, 0.25) is 0 Å². The van der Waals surface area contributed by atoms with Crippen molar-refractivity contribution in [2.75, 3.05) is 14.2 Å². The van der Waals surface area contributed by atoms with Crippen LogP contribution in [-0.2, 0) is 13.1 Å². The van der Waals surface area contributed by atoms with Gasteiger partial charge < -0.3 is 14.6 Å². The molecule has 0 bridgehead atoms. The number of fused-ring (bicyclic) bond motifs is 1. The summed E-state index contributed by atoms with van der Waals surface area (Å²) in [5, 5.41) is 0.472. The predicted molar refractivity (Wildman–Crippen MR) is 117 cm³/mol. The van der Waals surface area contributed by atoms with E-state index in [1.165, 1.54) is 4.57 Å². The number of nitrogens with one attached hydrogen (secondary N) is 1. The summed E-state index contributed by atoms with van der Waals surface area (Å²) >= 11 is 5.27. The Morgan fingerprint density at radius 3 is 2.76 bits per heavy atom. The molecule has 0 unspecified atom stereocenters. The van der Waals surface area contributed by atoms with Crippen molar-refractivity contribution in [3.05, 3.63) is 80.9 Å². The van der Waals surface area contributed by atoms with Gasteiger partial charge in [0.05, 0.1) is 18.0 Å². The third-order valence-corrected chi connectivity index (χ3v) is 5.05. The number of nitrogens with zero attached hydrogens (tertiary/aromatic N) is 2. The zero-order chi connectivity index (χ0) is 21.1. The first-order valence-corrected chi connectivity index (χ1v) is 9.53. The number of carbonyl (C=O) groups is 1. The van der Waals surface area contributed by atoms with Crippen LogP contribution in [0.3, 0.4) is 0 Å². The van der Waals surface area contributed by atoms with Crippen LogP contribution in [0.4, 0.5) is 0 Å². The third-order valence-electron chi connectivity index (χ3n) is 4.73. The van der Waals surface area contributed by atoms with E-state index in [9.17, 15) is 9.59 Å². The summed E-state index contributed by atoms with van der Waals surface area (Å²) in [7, 11) is 3.35. The van der Waals surface area contributed by atoms with E-state index in [2.05, 4.69) is 11.6 Å². The first-order chi connectivity index (χ1) is 13.8. The fourth-order valence-electron chi connectivity index (χ4n) is 3.26. The topological polar surface area (TPSA) is 67.3 Å². The van der Waals surface area contributed by atoms with Crippen molar-refractivity contribution in [3.63, 3.8) is 0 Å². The minimum atomic E-state index is -0.208. The summed E-state index contributed by atoms with van der Waals surface area (Å²) in [6.07, 6.45) is 1.61. The van der Waals surface area contributed by atoms with Gasteiger partial charge in [0, 0.05) is 31.3 Å². The molecule has 3 rings (SSSR count). The Morgan fingerprint density at radius 2 is 2.07 bits per heavy atom. The number of hydrogen-bond acceptors (Lipinski definition) is 4. The molecule has 29 heavy (non-hydrogen) atoms. The van der Waals surface area contributed by atoms with E-state index in [-0.39, 0.29) is 11.5 Å². The number of methoxy groups -OCH3 is 1. The summed E-state index contributed by atoms with van der Waals surface area (Å²) in [6.45, 7) is 6.37. The van der Waals surface area contributed by atoms with Crippen molar-refractivity contribution in [2.24, 2.45) is 0 Å². The first-order valence-electron chi connectivity index (χ1n) is 9.12. The third kappa shape index (κ3) is 4.14. The summed E-state index contributed by atoms with van der Waals surface area (Å²) < 4.78 is 7.13. The van der Waals surface area contributed by atoms with Crippen molar-refractivity contribution < 1.29 is 9.53 Å². The Morgan fingerprint density at radius 1 is 1.31 bits per heavy atom. The number of benzene rings is 2. The van der Waals surface area contributed by atoms with Gasteiger partial charge in [0.1, 0.15) is 5.75 Å². The van der Waals surface area contributed by atoms with E-state index in [0.29, 0.717) is 34.3 Å². The molecule has 0 atom stereocenters. The lowest BCUT2D eigenvalue weighted by molar-refractivity contribution is 0.0784. The van der Waals surface area contributed by atoms with Crippen LogP contribution in [0, 0.1) is 11.7 Å². The highest BCUT2D eigenvalue weighted by molar-refractivity contribution is 7.71. The van der Waals surface area contributed by atoms with Gasteiger partial charge in [0.2, 0.25) is 0 Å². The van der Waals surface area contributed by atoms with E-state index in [0.717, 1.165) is 16.9 Å². The van der Waals surface area contributed by atoms with Gasteiger partial charge in [-0.2, -0.15) is 0 Å². The molecule has 0 aliphatic rings. The molecule has 1 N–H and O–H groups in total. The Balaban J connectivity index is 1.94. The summed E-state index contributed by atoms with van der Waals surface area (Å²) in [5.41, 5.74) is 2.82. The van der Waals surface area contributed by atoms with Gasteiger partial charge in [-0.1, -0.05) is 23.8 Å². The lowest BCUT2D eigenvalue weighted by Crippen LogP contribution is -2.27. The van der Waals surface area contributed by atoms with E-state index in [1.807, 2.05) is 25.1 Å². The van der Waals surface area contributed by atoms with Crippen LogP contribution in [-0.4, -0.2) is 34.5 Å².